The Hall–Kier alpha value is -0.700. The third-order valence-electron chi connectivity index (χ3n) is 2.47. The summed E-state index contributed by atoms with van der Waals surface area (Å²) in [5.74, 6) is 0.551. The molecule has 0 aliphatic heterocycles. The highest BCUT2D eigenvalue weighted by Gasteiger charge is 2.09. The molecule has 0 aliphatic carbocycles. The lowest BCUT2D eigenvalue weighted by Gasteiger charge is -2.20. The van der Waals surface area contributed by atoms with Gasteiger partial charge in [-0.15, -0.1) is 0 Å². The van der Waals surface area contributed by atoms with Crippen LogP contribution in [0.5, 0.6) is 0 Å². The molecule has 0 atom stereocenters. The number of Topliss-reactive ketones (excluding diaryl/α,β-unsaturated/α-hetero) is 2. The minimum absolute atomic E-state index is 0.233. The summed E-state index contributed by atoms with van der Waals surface area (Å²) < 4.78 is 0. The third kappa shape index (κ3) is 8.60. The van der Waals surface area contributed by atoms with Crippen molar-refractivity contribution < 1.29 is 9.59 Å². The topological polar surface area (TPSA) is 37.4 Å². The van der Waals surface area contributed by atoms with E-state index in [0.29, 0.717) is 25.2 Å². The molecule has 16 heavy (non-hydrogen) atoms. The highest BCUT2D eigenvalue weighted by Crippen LogP contribution is 2.00. The summed E-state index contributed by atoms with van der Waals surface area (Å²) in [7, 11) is 0. The van der Waals surface area contributed by atoms with Crippen molar-refractivity contribution in [3.05, 3.63) is 0 Å². The Morgan fingerprint density at radius 2 is 1.69 bits per heavy atom. The Morgan fingerprint density at radius 1 is 1.00 bits per heavy atom. The molecule has 0 heterocycles. The van der Waals surface area contributed by atoms with E-state index in [1.165, 1.54) is 0 Å². The molecule has 0 N–H and O–H groups in total. The Kier molecular flexibility index (Phi) is 9.10. The van der Waals surface area contributed by atoms with Crippen LogP contribution in [0, 0.1) is 0 Å². The molecule has 0 aromatic heterocycles. The maximum Gasteiger partial charge on any atom is 0.146 e. The van der Waals surface area contributed by atoms with Crippen molar-refractivity contribution in [1.82, 2.24) is 4.90 Å². The first-order valence-electron chi connectivity index (χ1n) is 6.33. The number of rotatable bonds is 10. The standard InChI is InChI=1S/C13H25NO2/c1-4-7-13(16)11-14(9-5-2)10-6-8-12(3)15/h4-11H2,1-3H3. The maximum absolute atomic E-state index is 11.5. The van der Waals surface area contributed by atoms with Gasteiger partial charge in [-0.2, -0.15) is 0 Å². The van der Waals surface area contributed by atoms with Crippen LogP contribution < -0.4 is 0 Å². The first-order valence-corrected chi connectivity index (χ1v) is 6.33. The minimum atomic E-state index is 0.233. The second-order valence-corrected chi connectivity index (χ2v) is 4.37. The Balaban J connectivity index is 3.86. The first kappa shape index (κ1) is 15.3. The van der Waals surface area contributed by atoms with Crippen LogP contribution in [0.25, 0.3) is 0 Å². The van der Waals surface area contributed by atoms with Crippen LogP contribution in [0.4, 0.5) is 0 Å². The number of carbonyl (C=O) groups excluding carboxylic acids is 2. The Bertz CT molecular complexity index is 214. The van der Waals surface area contributed by atoms with Crippen molar-refractivity contribution in [2.75, 3.05) is 19.6 Å². The van der Waals surface area contributed by atoms with E-state index in [1.807, 2.05) is 6.92 Å². The molecule has 0 spiro atoms. The van der Waals surface area contributed by atoms with E-state index >= 15 is 0 Å². The van der Waals surface area contributed by atoms with Crippen LogP contribution in [0.3, 0.4) is 0 Å². The normalized spacial score (nSPS) is 10.8. The van der Waals surface area contributed by atoms with Crippen LogP contribution in [0.2, 0.25) is 0 Å². The molecule has 0 amide bonds. The molecule has 0 rings (SSSR count). The van der Waals surface area contributed by atoms with Crippen LogP contribution in [0.15, 0.2) is 0 Å². The quantitative estimate of drug-likeness (QED) is 0.575. The van der Waals surface area contributed by atoms with Gasteiger partial charge in [-0.1, -0.05) is 13.8 Å². The molecule has 3 heteroatoms. The number of hydrogen-bond acceptors (Lipinski definition) is 3. The molecular weight excluding hydrogens is 202 g/mol. The van der Waals surface area contributed by atoms with Crippen molar-refractivity contribution in [3.63, 3.8) is 0 Å². The fraction of sp³-hybridized carbons (Fsp3) is 0.846. The molecule has 0 fully saturated rings. The molecule has 0 saturated carbocycles. The lowest BCUT2D eigenvalue weighted by Crippen LogP contribution is -2.31. The lowest BCUT2D eigenvalue weighted by molar-refractivity contribution is -0.120. The zero-order valence-electron chi connectivity index (χ0n) is 10.9. The van der Waals surface area contributed by atoms with Crippen molar-refractivity contribution in [3.8, 4) is 0 Å². The monoisotopic (exact) mass is 227 g/mol. The molecule has 0 unspecified atom stereocenters. The highest BCUT2D eigenvalue weighted by molar-refractivity contribution is 5.80. The van der Waals surface area contributed by atoms with Crippen molar-refractivity contribution in [1.29, 1.82) is 0 Å². The summed E-state index contributed by atoms with van der Waals surface area (Å²) in [5, 5.41) is 0. The van der Waals surface area contributed by atoms with Crippen LogP contribution in [-0.2, 0) is 9.59 Å². The van der Waals surface area contributed by atoms with Gasteiger partial charge >= 0.3 is 0 Å². The summed E-state index contributed by atoms with van der Waals surface area (Å²) in [5.41, 5.74) is 0. The van der Waals surface area contributed by atoms with Gasteiger partial charge in [0.2, 0.25) is 0 Å². The average Bonchev–Trinajstić information content (AvgIpc) is 2.17. The van der Waals surface area contributed by atoms with Gasteiger partial charge in [-0.05, 0) is 39.3 Å². The van der Waals surface area contributed by atoms with Crippen molar-refractivity contribution in [2.45, 2.75) is 52.9 Å². The molecule has 0 aromatic carbocycles. The fourth-order valence-corrected chi connectivity index (χ4v) is 1.75. The number of hydrogen-bond donors (Lipinski definition) is 0. The maximum atomic E-state index is 11.5. The van der Waals surface area contributed by atoms with E-state index in [4.69, 9.17) is 0 Å². The predicted octanol–water partition coefficient (Wildman–Crippen LogP) is 2.44. The number of carbonyl (C=O) groups is 2. The summed E-state index contributed by atoms with van der Waals surface area (Å²) in [6, 6.07) is 0. The van der Waals surface area contributed by atoms with E-state index in [0.717, 1.165) is 32.4 Å². The van der Waals surface area contributed by atoms with E-state index in [2.05, 4.69) is 11.8 Å². The van der Waals surface area contributed by atoms with Gasteiger partial charge < -0.3 is 4.79 Å². The third-order valence-corrected chi connectivity index (χ3v) is 2.47. The summed E-state index contributed by atoms with van der Waals surface area (Å²) in [6.07, 6.45) is 4.15. The summed E-state index contributed by atoms with van der Waals surface area (Å²) in [4.78, 5) is 24.5. The van der Waals surface area contributed by atoms with E-state index in [-0.39, 0.29) is 5.78 Å². The van der Waals surface area contributed by atoms with Crippen LogP contribution >= 0.6 is 0 Å². The second-order valence-electron chi connectivity index (χ2n) is 4.37. The smallest absolute Gasteiger partial charge is 0.146 e. The average molecular weight is 227 g/mol. The largest absolute Gasteiger partial charge is 0.300 e. The highest BCUT2D eigenvalue weighted by atomic mass is 16.1. The van der Waals surface area contributed by atoms with Crippen molar-refractivity contribution in [2.24, 2.45) is 0 Å². The van der Waals surface area contributed by atoms with E-state index in [9.17, 15) is 9.59 Å². The molecule has 94 valence electrons. The predicted molar refractivity (Wildman–Crippen MR) is 66.6 cm³/mol. The molecule has 3 nitrogen and oxygen atoms in total. The van der Waals surface area contributed by atoms with Gasteiger partial charge in [0.25, 0.3) is 0 Å². The van der Waals surface area contributed by atoms with Gasteiger partial charge in [0.05, 0.1) is 6.54 Å². The van der Waals surface area contributed by atoms with Gasteiger partial charge in [0.1, 0.15) is 11.6 Å². The van der Waals surface area contributed by atoms with E-state index in [1.54, 1.807) is 6.92 Å². The molecule has 0 bridgehead atoms. The molecule has 0 saturated heterocycles. The van der Waals surface area contributed by atoms with Gasteiger partial charge in [0.15, 0.2) is 0 Å². The number of ketones is 2. The van der Waals surface area contributed by atoms with Gasteiger partial charge in [0, 0.05) is 12.8 Å². The molecule has 0 aromatic rings. The molecular formula is C13H25NO2. The SMILES string of the molecule is CCCC(=O)CN(CCC)CCCC(C)=O. The van der Waals surface area contributed by atoms with Crippen LogP contribution in [-0.4, -0.2) is 36.1 Å². The summed E-state index contributed by atoms with van der Waals surface area (Å²) in [6.45, 7) is 8.13. The van der Waals surface area contributed by atoms with Gasteiger partial charge in [-0.3, -0.25) is 9.69 Å². The first-order chi connectivity index (χ1) is 7.60. The van der Waals surface area contributed by atoms with Gasteiger partial charge in [-0.25, -0.2) is 0 Å². The Labute approximate surface area is 99.2 Å². The lowest BCUT2D eigenvalue weighted by atomic mass is 10.2. The molecule has 0 aliphatic rings. The Morgan fingerprint density at radius 3 is 2.19 bits per heavy atom. The molecule has 0 radical (unpaired) electrons. The number of nitrogens with zero attached hydrogens (tertiary/aromatic N) is 1. The zero-order chi connectivity index (χ0) is 12.4. The summed E-state index contributed by atoms with van der Waals surface area (Å²) >= 11 is 0. The zero-order valence-corrected chi connectivity index (χ0v) is 10.9. The fourth-order valence-electron chi connectivity index (χ4n) is 1.75. The second kappa shape index (κ2) is 9.52. The van der Waals surface area contributed by atoms with Crippen LogP contribution in [0.1, 0.15) is 52.9 Å². The van der Waals surface area contributed by atoms with Crippen molar-refractivity contribution >= 4 is 11.6 Å². The minimum Gasteiger partial charge on any atom is -0.300 e. The van der Waals surface area contributed by atoms with E-state index < -0.39 is 0 Å².